The predicted octanol–water partition coefficient (Wildman–Crippen LogP) is 1.07. The van der Waals surface area contributed by atoms with Gasteiger partial charge in [-0.3, -0.25) is 0 Å². The summed E-state index contributed by atoms with van der Waals surface area (Å²) in [4.78, 5) is 15.7. The van der Waals surface area contributed by atoms with Crippen LogP contribution in [0.3, 0.4) is 0 Å². The summed E-state index contributed by atoms with van der Waals surface area (Å²) in [5, 5.41) is 0. The van der Waals surface area contributed by atoms with Gasteiger partial charge in [0.25, 0.3) is 0 Å². The Morgan fingerprint density at radius 1 is 1.11 bits per heavy atom. The molecule has 0 unspecified atom stereocenters. The number of aromatic nitrogens is 2. The second-order valence-electron chi connectivity index (χ2n) is 4.70. The number of likely N-dealkylation sites (N-methyl/N-ethyl adjacent to an activating group) is 1. The molecular formula is C13H23N5. The fourth-order valence-electron chi connectivity index (χ4n) is 2.27. The fourth-order valence-corrected chi connectivity index (χ4v) is 2.27. The van der Waals surface area contributed by atoms with Crippen molar-refractivity contribution in [2.75, 3.05) is 56.1 Å². The molecule has 5 heteroatoms. The van der Waals surface area contributed by atoms with Crippen molar-refractivity contribution in [3.05, 3.63) is 12.4 Å². The lowest BCUT2D eigenvalue weighted by Gasteiger charge is -2.33. The van der Waals surface area contributed by atoms with Crippen molar-refractivity contribution in [1.82, 2.24) is 14.9 Å². The Bertz CT molecular complexity index is 369. The molecule has 18 heavy (non-hydrogen) atoms. The summed E-state index contributed by atoms with van der Waals surface area (Å²) in [6.07, 6.45) is 1.68. The van der Waals surface area contributed by atoms with Crippen molar-refractivity contribution in [3.63, 3.8) is 0 Å². The van der Waals surface area contributed by atoms with Crippen molar-refractivity contribution >= 4 is 11.6 Å². The highest BCUT2D eigenvalue weighted by Gasteiger charge is 2.16. The van der Waals surface area contributed by atoms with Crippen LogP contribution in [0, 0.1) is 0 Å². The molecule has 0 aromatic carbocycles. The molecule has 1 aliphatic rings. The highest BCUT2D eigenvalue weighted by Crippen LogP contribution is 2.18. The molecule has 1 aromatic heterocycles. The largest absolute Gasteiger partial charge is 0.357 e. The van der Waals surface area contributed by atoms with Gasteiger partial charge < -0.3 is 14.7 Å². The van der Waals surface area contributed by atoms with E-state index in [-0.39, 0.29) is 0 Å². The molecule has 0 spiro atoms. The zero-order valence-electron chi connectivity index (χ0n) is 11.6. The third-order valence-corrected chi connectivity index (χ3v) is 3.55. The van der Waals surface area contributed by atoms with Gasteiger partial charge in [-0.05, 0) is 20.9 Å². The van der Waals surface area contributed by atoms with E-state index in [1.54, 1.807) is 6.33 Å². The highest BCUT2D eigenvalue weighted by molar-refractivity contribution is 5.50. The molecule has 0 saturated carbocycles. The van der Waals surface area contributed by atoms with Crippen molar-refractivity contribution in [2.24, 2.45) is 0 Å². The summed E-state index contributed by atoms with van der Waals surface area (Å²) in [5.41, 5.74) is 0. The van der Waals surface area contributed by atoms with Crippen LogP contribution in [-0.2, 0) is 0 Å². The second-order valence-corrected chi connectivity index (χ2v) is 4.70. The summed E-state index contributed by atoms with van der Waals surface area (Å²) < 4.78 is 0. The van der Waals surface area contributed by atoms with Crippen LogP contribution in [0.15, 0.2) is 12.4 Å². The normalized spacial score (nSPS) is 16.9. The van der Waals surface area contributed by atoms with Gasteiger partial charge in [0, 0.05) is 45.3 Å². The average molecular weight is 249 g/mol. The molecule has 0 amide bonds. The van der Waals surface area contributed by atoms with E-state index in [1.165, 1.54) is 0 Å². The number of rotatable bonds is 4. The van der Waals surface area contributed by atoms with Crippen molar-refractivity contribution in [2.45, 2.75) is 13.8 Å². The Balaban J connectivity index is 2.11. The van der Waals surface area contributed by atoms with Crippen LogP contribution in [0.5, 0.6) is 0 Å². The van der Waals surface area contributed by atoms with Gasteiger partial charge >= 0.3 is 0 Å². The SMILES string of the molecule is CCN(CC)c1cc(N2CCN(C)CC2)ncn1. The lowest BCUT2D eigenvalue weighted by atomic mass is 10.3. The minimum Gasteiger partial charge on any atom is -0.357 e. The van der Waals surface area contributed by atoms with Crippen LogP contribution in [0.4, 0.5) is 11.6 Å². The van der Waals surface area contributed by atoms with E-state index < -0.39 is 0 Å². The van der Waals surface area contributed by atoms with Gasteiger partial charge in [0.15, 0.2) is 0 Å². The second kappa shape index (κ2) is 6.00. The number of piperazine rings is 1. The van der Waals surface area contributed by atoms with Crippen LogP contribution < -0.4 is 9.80 Å². The zero-order valence-corrected chi connectivity index (χ0v) is 11.6. The van der Waals surface area contributed by atoms with Gasteiger partial charge in [-0.2, -0.15) is 0 Å². The summed E-state index contributed by atoms with van der Waals surface area (Å²) in [5.74, 6) is 2.09. The van der Waals surface area contributed by atoms with Gasteiger partial charge in [-0.1, -0.05) is 0 Å². The molecule has 0 aliphatic carbocycles. The van der Waals surface area contributed by atoms with Crippen molar-refractivity contribution < 1.29 is 0 Å². The molecule has 5 nitrogen and oxygen atoms in total. The third-order valence-electron chi connectivity index (χ3n) is 3.55. The van der Waals surface area contributed by atoms with Crippen LogP contribution >= 0.6 is 0 Å². The van der Waals surface area contributed by atoms with E-state index in [0.717, 1.165) is 50.9 Å². The average Bonchev–Trinajstić information content (AvgIpc) is 2.41. The van der Waals surface area contributed by atoms with E-state index >= 15 is 0 Å². The molecule has 1 fully saturated rings. The molecule has 100 valence electrons. The highest BCUT2D eigenvalue weighted by atomic mass is 15.3. The van der Waals surface area contributed by atoms with Crippen LogP contribution in [0.1, 0.15) is 13.8 Å². The number of nitrogens with zero attached hydrogens (tertiary/aromatic N) is 5. The first-order valence-corrected chi connectivity index (χ1v) is 6.75. The lowest BCUT2D eigenvalue weighted by molar-refractivity contribution is 0.312. The van der Waals surface area contributed by atoms with Gasteiger partial charge in [-0.15, -0.1) is 0 Å². The quantitative estimate of drug-likeness (QED) is 0.798. The van der Waals surface area contributed by atoms with E-state index in [4.69, 9.17) is 0 Å². The molecule has 0 radical (unpaired) electrons. The van der Waals surface area contributed by atoms with Crippen molar-refractivity contribution in [3.8, 4) is 0 Å². The standard InChI is InChI=1S/C13H23N5/c1-4-17(5-2)12-10-13(15-11-14-12)18-8-6-16(3)7-9-18/h10-11H,4-9H2,1-3H3. The molecule has 0 bridgehead atoms. The Hall–Kier alpha value is -1.36. The molecular weight excluding hydrogens is 226 g/mol. The Labute approximate surface area is 109 Å². The van der Waals surface area contributed by atoms with E-state index in [0.29, 0.717) is 0 Å². The lowest BCUT2D eigenvalue weighted by Crippen LogP contribution is -2.44. The van der Waals surface area contributed by atoms with Gasteiger partial charge in [0.2, 0.25) is 0 Å². The fraction of sp³-hybridized carbons (Fsp3) is 0.692. The summed E-state index contributed by atoms with van der Waals surface area (Å²) in [7, 11) is 2.17. The topological polar surface area (TPSA) is 35.5 Å². The number of hydrogen-bond donors (Lipinski definition) is 0. The van der Waals surface area contributed by atoms with E-state index in [9.17, 15) is 0 Å². The van der Waals surface area contributed by atoms with Crippen LogP contribution in [0.25, 0.3) is 0 Å². The monoisotopic (exact) mass is 249 g/mol. The van der Waals surface area contributed by atoms with E-state index in [1.807, 2.05) is 0 Å². The zero-order chi connectivity index (χ0) is 13.0. The maximum atomic E-state index is 4.41. The Morgan fingerprint density at radius 2 is 1.78 bits per heavy atom. The molecule has 1 aliphatic heterocycles. The maximum absolute atomic E-state index is 4.41. The van der Waals surface area contributed by atoms with Gasteiger partial charge in [0.1, 0.15) is 18.0 Å². The maximum Gasteiger partial charge on any atom is 0.134 e. The summed E-state index contributed by atoms with van der Waals surface area (Å²) in [6, 6.07) is 2.11. The first kappa shape index (κ1) is 13.1. The van der Waals surface area contributed by atoms with Crippen molar-refractivity contribution in [1.29, 1.82) is 0 Å². The van der Waals surface area contributed by atoms with Crippen LogP contribution in [-0.4, -0.2) is 61.2 Å². The van der Waals surface area contributed by atoms with Crippen LogP contribution in [0.2, 0.25) is 0 Å². The molecule has 0 N–H and O–H groups in total. The molecule has 1 saturated heterocycles. The minimum absolute atomic E-state index is 0.982. The minimum atomic E-state index is 0.982. The molecule has 2 heterocycles. The first-order valence-electron chi connectivity index (χ1n) is 6.75. The van der Waals surface area contributed by atoms with Gasteiger partial charge in [0.05, 0.1) is 0 Å². The third kappa shape index (κ3) is 2.90. The number of hydrogen-bond acceptors (Lipinski definition) is 5. The Morgan fingerprint density at radius 3 is 2.39 bits per heavy atom. The molecule has 0 atom stereocenters. The number of anilines is 2. The first-order chi connectivity index (χ1) is 8.74. The van der Waals surface area contributed by atoms with Gasteiger partial charge in [-0.25, -0.2) is 9.97 Å². The summed E-state index contributed by atoms with van der Waals surface area (Å²) in [6.45, 7) is 10.6. The summed E-state index contributed by atoms with van der Waals surface area (Å²) >= 11 is 0. The Kier molecular flexibility index (Phi) is 4.36. The smallest absolute Gasteiger partial charge is 0.134 e. The molecule has 1 aromatic rings. The molecule has 2 rings (SSSR count). The van der Waals surface area contributed by atoms with E-state index in [2.05, 4.69) is 51.6 Å². The predicted molar refractivity (Wildman–Crippen MR) is 75.3 cm³/mol.